The molecule has 3 amide bonds. The third-order valence-electron chi connectivity index (χ3n) is 9.14. The van der Waals surface area contributed by atoms with Crippen LogP contribution in [0.25, 0.3) is 0 Å². The molecule has 0 aliphatic carbocycles. The molecule has 5 bridgehead atoms. The molecule has 4 aliphatic heterocycles. The lowest BCUT2D eigenvalue weighted by Crippen LogP contribution is -2.59. The molecule has 2 fully saturated rings. The number of β-amino-alcohol motifs (C(OH)–C–C–N with tert-alkyl or cyclic N) is 1. The number of aliphatic hydroxyl groups is 1. The number of esters is 1. The number of aliphatic hydroxyl groups excluding tert-OH is 1. The van der Waals surface area contributed by atoms with Crippen molar-refractivity contribution in [2.75, 3.05) is 26.7 Å². The van der Waals surface area contributed by atoms with Gasteiger partial charge in [-0.15, -0.1) is 0 Å². The summed E-state index contributed by atoms with van der Waals surface area (Å²) in [5.74, 6) is -3.59. The first-order chi connectivity index (χ1) is 20.3. The Morgan fingerprint density at radius 3 is 2.40 bits per heavy atom. The fourth-order valence-corrected chi connectivity index (χ4v) is 7.59. The van der Waals surface area contributed by atoms with Crippen LogP contribution in [0.1, 0.15) is 52.2 Å². The predicted octanol–water partition coefficient (Wildman–Crippen LogP) is 2.96. The maximum absolute atomic E-state index is 14.5. The topological polar surface area (TPSA) is 117 Å². The predicted molar refractivity (Wildman–Crippen MR) is 162 cm³/mol. The molecule has 0 aromatic heterocycles. The molecule has 1 spiro atoms. The van der Waals surface area contributed by atoms with Crippen molar-refractivity contribution in [3.63, 3.8) is 0 Å². The minimum Gasteiger partial charge on any atom is -0.455 e. The second-order valence-electron chi connectivity index (χ2n) is 12.7. The molecule has 4 aliphatic rings. The van der Waals surface area contributed by atoms with Crippen LogP contribution in [0.3, 0.4) is 0 Å². The number of ether oxygens (including phenoxy) is 2. The molecule has 11 heteroatoms. The zero-order valence-corrected chi connectivity index (χ0v) is 26.8. The Morgan fingerprint density at radius 1 is 1.05 bits per heavy atom. The summed E-state index contributed by atoms with van der Waals surface area (Å²) in [6, 6.07) is 7.61. The monoisotopic (exact) mass is 657 g/mol. The molecule has 0 saturated carbocycles. The van der Waals surface area contributed by atoms with Crippen LogP contribution >= 0.6 is 15.9 Å². The normalized spacial score (nSPS) is 34.4. The van der Waals surface area contributed by atoms with E-state index in [0.29, 0.717) is 16.5 Å². The fourth-order valence-electron chi connectivity index (χ4n) is 6.86. The van der Waals surface area contributed by atoms with Crippen molar-refractivity contribution in [2.24, 2.45) is 11.8 Å². The number of amides is 3. The Morgan fingerprint density at radius 2 is 1.74 bits per heavy atom. The van der Waals surface area contributed by atoms with Crippen LogP contribution in [0.5, 0.6) is 0 Å². The number of halogens is 1. The maximum atomic E-state index is 14.5. The summed E-state index contributed by atoms with van der Waals surface area (Å²) in [6.07, 6.45) is 4.57. The molecule has 1 N–H and O–H groups in total. The van der Waals surface area contributed by atoms with Gasteiger partial charge in [0, 0.05) is 36.6 Å². The number of benzene rings is 1. The average Bonchev–Trinajstić information content (AvgIpc) is 3.55. The van der Waals surface area contributed by atoms with E-state index in [2.05, 4.69) is 15.9 Å². The molecular weight excluding hydrogens is 618 g/mol. The smallest absolute Gasteiger partial charge is 0.313 e. The van der Waals surface area contributed by atoms with Crippen LogP contribution in [-0.4, -0.2) is 99.6 Å². The molecule has 232 valence electrons. The molecule has 4 heterocycles. The fraction of sp³-hybridized carbons (Fsp3) is 0.562. The third kappa shape index (κ3) is 5.33. The highest BCUT2D eigenvalue weighted by Crippen LogP contribution is 2.59. The molecule has 5 rings (SSSR count). The zero-order chi connectivity index (χ0) is 31.3. The summed E-state index contributed by atoms with van der Waals surface area (Å²) in [5.41, 5.74) is -1.34. The van der Waals surface area contributed by atoms with E-state index in [1.54, 1.807) is 22.9 Å². The van der Waals surface area contributed by atoms with Crippen LogP contribution < -0.4 is 0 Å². The first kappa shape index (κ1) is 31.4. The van der Waals surface area contributed by atoms with Gasteiger partial charge in [0.2, 0.25) is 17.7 Å². The summed E-state index contributed by atoms with van der Waals surface area (Å²) >= 11 is 3.56. The number of fused-ring (bicyclic) bond motifs is 2. The summed E-state index contributed by atoms with van der Waals surface area (Å²) in [5, 5.41) is 9.94. The molecule has 1 aromatic rings. The Bertz CT molecular complexity index is 1340. The lowest BCUT2D eigenvalue weighted by Gasteiger charge is -2.41. The van der Waals surface area contributed by atoms with Gasteiger partial charge in [-0.2, -0.15) is 0 Å². The highest BCUT2D eigenvalue weighted by molar-refractivity contribution is 9.11. The van der Waals surface area contributed by atoms with E-state index in [1.165, 1.54) is 4.90 Å². The van der Waals surface area contributed by atoms with Gasteiger partial charge < -0.3 is 29.3 Å². The number of carbonyl (C=O) groups excluding carboxylic acids is 4. The number of hydrogen-bond donors (Lipinski definition) is 1. The number of allylic oxidation sites excluding steroid dienone is 1. The molecule has 43 heavy (non-hydrogen) atoms. The molecule has 7 atom stereocenters. The largest absolute Gasteiger partial charge is 0.455 e. The molecular formula is C32H40BrN3O7. The minimum absolute atomic E-state index is 0.0842. The van der Waals surface area contributed by atoms with Crippen LogP contribution in [0.2, 0.25) is 0 Å². The van der Waals surface area contributed by atoms with Crippen LogP contribution in [0.15, 0.2) is 53.0 Å². The Hall–Kier alpha value is -3.02. The van der Waals surface area contributed by atoms with Gasteiger partial charge in [-0.3, -0.25) is 19.2 Å². The van der Waals surface area contributed by atoms with Gasteiger partial charge >= 0.3 is 5.97 Å². The van der Waals surface area contributed by atoms with E-state index in [0.717, 1.165) is 0 Å². The zero-order valence-electron chi connectivity index (χ0n) is 25.2. The quantitative estimate of drug-likeness (QED) is 0.392. The van der Waals surface area contributed by atoms with Crippen molar-refractivity contribution in [3.05, 3.63) is 58.6 Å². The van der Waals surface area contributed by atoms with Crippen molar-refractivity contribution in [1.82, 2.24) is 14.7 Å². The molecule has 0 radical (unpaired) electrons. The highest BCUT2D eigenvalue weighted by atomic mass is 79.9. The van der Waals surface area contributed by atoms with Crippen LogP contribution in [0, 0.1) is 11.8 Å². The van der Waals surface area contributed by atoms with E-state index in [-0.39, 0.29) is 37.9 Å². The molecule has 1 aromatic carbocycles. The summed E-state index contributed by atoms with van der Waals surface area (Å²) in [6.45, 7) is 7.37. The van der Waals surface area contributed by atoms with E-state index in [1.807, 2.05) is 70.2 Å². The van der Waals surface area contributed by atoms with E-state index >= 15 is 0 Å². The first-order valence-corrected chi connectivity index (χ1v) is 15.6. The van der Waals surface area contributed by atoms with Gasteiger partial charge in [-0.25, -0.2) is 0 Å². The summed E-state index contributed by atoms with van der Waals surface area (Å²) in [7, 11) is 1.70. The van der Waals surface area contributed by atoms with Crippen molar-refractivity contribution in [3.8, 4) is 0 Å². The molecule has 2 saturated heterocycles. The Kier molecular flexibility index (Phi) is 8.63. The van der Waals surface area contributed by atoms with E-state index < -0.39 is 59.1 Å². The number of likely N-dealkylation sites (N-methyl/N-ethyl adjacent to an activating group) is 1. The van der Waals surface area contributed by atoms with Crippen molar-refractivity contribution in [2.45, 2.75) is 76.0 Å². The van der Waals surface area contributed by atoms with Gasteiger partial charge in [0.25, 0.3) is 0 Å². The Balaban J connectivity index is 1.63. The van der Waals surface area contributed by atoms with Gasteiger partial charge in [0.05, 0.1) is 18.6 Å². The number of likely N-dealkylation sites (tertiary alicyclic amines) is 1. The van der Waals surface area contributed by atoms with Gasteiger partial charge in [-0.05, 0) is 45.8 Å². The SMILES string of the molecule is C[C@@H]1[C@@H](c2ccccc2)OC(=O)[C@@H]2[C@H]3O[C@@]4(C=C3Br)[C@H](C(=O)N(C(C)(C)C)C/C=C\CCC(=O)N1C)N(CCO)C(=O)[C@@H]24. The second kappa shape index (κ2) is 11.8. The number of cyclic esters (lactones) is 1. The maximum Gasteiger partial charge on any atom is 0.313 e. The number of nitrogens with zero attached hydrogens (tertiary/aromatic N) is 3. The Labute approximate surface area is 260 Å². The van der Waals surface area contributed by atoms with E-state index in [4.69, 9.17) is 9.47 Å². The summed E-state index contributed by atoms with van der Waals surface area (Å²) < 4.78 is 13.3. The van der Waals surface area contributed by atoms with Crippen molar-refractivity contribution < 1.29 is 33.8 Å². The first-order valence-electron chi connectivity index (χ1n) is 14.8. The van der Waals surface area contributed by atoms with Crippen LogP contribution in [0.4, 0.5) is 0 Å². The molecule has 0 unspecified atom stereocenters. The standard InChI is InChI=1S/C32H40BrN3O7/c1-19-25(20-12-8-6-9-13-20)42-30(41)23-24-28(39)35(16-17-37)27(32(24)18-21(33)26(23)43-32)29(40)36(31(2,3)4)15-11-7-10-14-22(38)34(19)5/h6-9,11-13,18-19,23-27,37H,10,14-17H2,1-5H3/b11-7-/t19-,23+,24-,25+,26+,27+,32-/m1/s1. The lowest BCUT2D eigenvalue weighted by atomic mass is 9.74. The van der Waals surface area contributed by atoms with Gasteiger partial charge in [0.1, 0.15) is 29.8 Å². The van der Waals surface area contributed by atoms with Crippen LogP contribution in [-0.2, 0) is 28.7 Å². The minimum atomic E-state index is -1.42. The van der Waals surface area contributed by atoms with Crippen molar-refractivity contribution in [1.29, 1.82) is 0 Å². The number of carbonyl (C=O) groups is 4. The highest BCUT2D eigenvalue weighted by Gasteiger charge is 2.75. The van der Waals surface area contributed by atoms with E-state index in [9.17, 15) is 24.3 Å². The van der Waals surface area contributed by atoms with Gasteiger partial charge in [0.15, 0.2) is 0 Å². The second-order valence-corrected chi connectivity index (χ2v) is 13.6. The summed E-state index contributed by atoms with van der Waals surface area (Å²) in [4.78, 5) is 60.6. The van der Waals surface area contributed by atoms with Gasteiger partial charge in [-0.1, -0.05) is 58.4 Å². The number of hydrogen-bond acceptors (Lipinski definition) is 7. The third-order valence-corrected chi connectivity index (χ3v) is 9.82. The lowest BCUT2D eigenvalue weighted by molar-refractivity contribution is -0.164. The average molecular weight is 659 g/mol. The molecule has 10 nitrogen and oxygen atoms in total. The number of rotatable bonds is 3. The van der Waals surface area contributed by atoms with Crippen molar-refractivity contribution >= 4 is 39.6 Å².